The van der Waals surface area contributed by atoms with Crippen LogP contribution in [0.15, 0.2) is 12.1 Å². The van der Waals surface area contributed by atoms with Crippen molar-refractivity contribution in [2.24, 2.45) is 0 Å². The van der Waals surface area contributed by atoms with Gasteiger partial charge in [0.25, 0.3) is 0 Å². The molecule has 0 aliphatic rings. The van der Waals surface area contributed by atoms with E-state index in [9.17, 15) is 0 Å². The first-order valence-electron chi connectivity index (χ1n) is 3.11. The predicted molar refractivity (Wildman–Crippen MR) is 50.9 cm³/mol. The molecule has 0 bridgehead atoms. The Kier molecular flexibility index (Phi) is 3.64. The van der Waals surface area contributed by atoms with Crippen LogP contribution in [0.2, 0.25) is 0 Å². The van der Waals surface area contributed by atoms with Gasteiger partial charge in [0.2, 0.25) is 0 Å². The van der Waals surface area contributed by atoms with Gasteiger partial charge < -0.3 is 5.11 Å². The summed E-state index contributed by atoms with van der Waals surface area (Å²) in [6.07, 6.45) is 0. The minimum Gasteiger partial charge on any atom is -0.391 e. The monoisotopic (exact) mass is 230 g/mol. The molecule has 0 unspecified atom stereocenters. The molecule has 1 aromatic rings. The van der Waals surface area contributed by atoms with Gasteiger partial charge in [-0.15, -0.1) is 11.3 Å². The fourth-order valence-corrected chi connectivity index (χ4v) is 1.53. The van der Waals surface area contributed by atoms with E-state index < -0.39 is 0 Å². The molecule has 0 aliphatic carbocycles. The molecule has 0 aliphatic heterocycles. The third kappa shape index (κ3) is 2.66. The second-order valence-electron chi connectivity index (χ2n) is 1.86. The topological polar surface area (TPSA) is 20.2 Å². The van der Waals surface area contributed by atoms with E-state index in [1.807, 2.05) is 12.1 Å². The number of hydrogen-bond acceptors (Lipinski definition) is 2. The maximum atomic E-state index is 8.73. The zero-order valence-electron chi connectivity index (χ0n) is 5.80. The summed E-state index contributed by atoms with van der Waals surface area (Å²) >= 11 is 4.74. The van der Waals surface area contributed by atoms with Crippen LogP contribution >= 0.6 is 27.3 Å². The lowest BCUT2D eigenvalue weighted by Gasteiger charge is -1.80. The maximum Gasteiger partial charge on any atom is 0.0774 e. The van der Waals surface area contributed by atoms with Crippen molar-refractivity contribution >= 4 is 27.3 Å². The zero-order chi connectivity index (χ0) is 8.10. The van der Waals surface area contributed by atoms with Crippen molar-refractivity contribution in [2.45, 2.75) is 6.61 Å². The average molecular weight is 231 g/mol. The Labute approximate surface area is 78.2 Å². The largest absolute Gasteiger partial charge is 0.391 e. The normalized spacial score (nSPS) is 8.91. The van der Waals surface area contributed by atoms with Crippen LogP contribution in [0.4, 0.5) is 0 Å². The van der Waals surface area contributed by atoms with Crippen LogP contribution in [-0.2, 0) is 6.61 Å². The molecule has 11 heavy (non-hydrogen) atoms. The molecule has 1 aromatic heterocycles. The SMILES string of the molecule is OCc1ccc(C#CCBr)s1. The minimum absolute atomic E-state index is 0.112. The molecule has 0 amide bonds. The molecule has 1 nitrogen and oxygen atoms in total. The maximum absolute atomic E-state index is 8.73. The van der Waals surface area contributed by atoms with E-state index in [1.54, 1.807) is 0 Å². The Hall–Kier alpha value is -0.300. The molecule has 1 N–H and O–H groups in total. The number of aliphatic hydroxyl groups is 1. The molecule has 1 heterocycles. The molecule has 0 fully saturated rings. The van der Waals surface area contributed by atoms with Crippen LogP contribution in [0.5, 0.6) is 0 Å². The van der Waals surface area contributed by atoms with Gasteiger partial charge in [-0.2, -0.15) is 0 Å². The summed E-state index contributed by atoms with van der Waals surface area (Å²) in [5.74, 6) is 5.86. The molecule has 0 saturated carbocycles. The van der Waals surface area contributed by atoms with Crippen molar-refractivity contribution in [3.05, 3.63) is 21.9 Å². The van der Waals surface area contributed by atoms with Crippen LogP contribution in [0.25, 0.3) is 0 Å². The zero-order valence-corrected chi connectivity index (χ0v) is 8.20. The van der Waals surface area contributed by atoms with Gasteiger partial charge in [0.15, 0.2) is 0 Å². The quantitative estimate of drug-likeness (QED) is 0.578. The highest BCUT2D eigenvalue weighted by atomic mass is 79.9. The van der Waals surface area contributed by atoms with Crippen molar-refractivity contribution in [2.75, 3.05) is 5.33 Å². The molecular formula is C8H7BrOS. The number of alkyl halides is 1. The first-order chi connectivity index (χ1) is 5.36. The van der Waals surface area contributed by atoms with Crippen molar-refractivity contribution in [3.63, 3.8) is 0 Å². The Morgan fingerprint density at radius 1 is 1.55 bits per heavy atom. The highest BCUT2D eigenvalue weighted by Gasteiger charge is 1.93. The fourth-order valence-electron chi connectivity index (χ4n) is 0.651. The standard InChI is InChI=1S/C8H7BrOS/c9-5-1-2-7-3-4-8(6-10)11-7/h3-4,10H,5-6H2. The van der Waals surface area contributed by atoms with Crippen LogP contribution in [0.3, 0.4) is 0 Å². The summed E-state index contributed by atoms with van der Waals surface area (Å²) in [5.41, 5.74) is 0. The van der Waals surface area contributed by atoms with Crippen LogP contribution in [-0.4, -0.2) is 10.4 Å². The van der Waals surface area contributed by atoms with E-state index in [4.69, 9.17) is 5.11 Å². The summed E-state index contributed by atoms with van der Waals surface area (Å²) in [6.45, 7) is 0.112. The molecule has 0 spiro atoms. The summed E-state index contributed by atoms with van der Waals surface area (Å²) in [7, 11) is 0. The summed E-state index contributed by atoms with van der Waals surface area (Å²) in [5, 5.41) is 9.42. The van der Waals surface area contributed by atoms with Crippen molar-refractivity contribution in [1.29, 1.82) is 0 Å². The molecular weight excluding hydrogens is 224 g/mol. The van der Waals surface area contributed by atoms with Crippen molar-refractivity contribution in [3.8, 4) is 11.8 Å². The van der Waals surface area contributed by atoms with Gasteiger partial charge in [0.1, 0.15) is 0 Å². The number of thiophene rings is 1. The smallest absolute Gasteiger partial charge is 0.0774 e. The Morgan fingerprint density at radius 3 is 2.91 bits per heavy atom. The Morgan fingerprint density at radius 2 is 2.36 bits per heavy atom. The van der Waals surface area contributed by atoms with Gasteiger partial charge in [-0.3, -0.25) is 0 Å². The molecule has 0 atom stereocenters. The molecule has 0 aromatic carbocycles. The number of aliphatic hydroxyl groups excluding tert-OH is 1. The lowest BCUT2D eigenvalue weighted by Crippen LogP contribution is -1.69. The van der Waals surface area contributed by atoms with E-state index in [1.165, 1.54) is 11.3 Å². The lowest BCUT2D eigenvalue weighted by atomic mass is 10.4. The molecule has 58 valence electrons. The first kappa shape index (κ1) is 8.79. The van der Waals surface area contributed by atoms with Gasteiger partial charge in [-0.25, -0.2) is 0 Å². The fraction of sp³-hybridized carbons (Fsp3) is 0.250. The minimum atomic E-state index is 0.112. The summed E-state index contributed by atoms with van der Waals surface area (Å²) in [4.78, 5) is 1.97. The van der Waals surface area contributed by atoms with Crippen molar-refractivity contribution in [1.82, 2.24) is 0 Å². The summed E-state index contributed by atoms with van der Waals surface area (Å²) < 4.78 is 0. The Balaban J connectivity index is 2.72. The van der Waals surface area contributed by atoms with Gasteiger partial charge in [-0.05, 0) is 12.1 Å². The van der Waals surface area contributed by atoms with Gasteiger partial charge in [0, 0.05) is 4.88 Å². The van der Waals surface area contributed by atoms with E-state index in [-0.39, 0.29) is 6.61 Å². The highest BCUT2D eigenvalue weighted by molar-refractivity contribution is 9.09. The summed E-state index contributed by atoms with van der Waals surface area (Å²) in [6, 6.07) is 3.81. The van der Waals surface area contributed by atoms with Crippen LogP contribution < -0.4 is 0 Å². The van der Waals surface area contributed by atoms with E-state index in [0.717, 1.165) is 9.75 Å². The number of hydrogen-bond donors (Lipinski definition) is 1. The molecule has 0 radical (unpaired) electrons. The van der Waals surface area contributed by atoms with Gasteiger partial charge in [0.05, 0.1) is 16.8 Å². The third-order valence-electron chi connectivity index (χ3n) is 1.10. The van der Waals surface area contributed by atoms with E-state index in [2.05, 4.69) is 27.8 Å². The number of halogens is 1. The number of rotatable bonds is 1. The highest BCUT2D eigenvalue weighted by Crippen LogP contribution is 2.14. The van der Waals surface area contributed by atoms with E-state index in [0.29, 0.717) is 5.33 Å². The van der Waals surface area contributed by atoms with Crippen LogP contribution in [0, 0.1) is 11.8 Å². The van der Waals surface area contributed by atoms with Crippen LogP contribution in [0.1, 0.15) is 9.75 Å². The van der Waals surface area contributed by atoms with Gasteiger partial charge >= 0.3 is 0 Å². The molecule has 0 saturated heterocycles. The Bertz CT molecular complexity index is 282. The van der Waals surface area contributed by atoms with Gasteiger partial charge in [-0.1, -0.05) is 27.8 Å². The second-order valence-corrected chi connectivity index (χ2v) is 3.59. The predicted octanol–water partition coefficient (Wildman–Crippen LogP) is 1.99. The average Bonchev–Trinajstić information content (AvgIpc) is 2.48. The molecule has 3 heteroatoms. The first-order valence-corrected chi connectivity index (χ1v) is 5.05. The second kappa shape index (κ2) is 4.55. The third-order valence-corrected chi connectivity index (χ3v) is 2.36. The van der Waals surface area contributed by atoms with Crippen molar-refractivity contribution < 1.29 is 5.11 Å². The molecule has 1 rings (SSSR count). The van der Waals surface area contributed by atoms with E-state index >= 15 is 0 Å². The lowest BCUT2D eigenvalue weighted by molar-refractivity contribution is 0.285.